The van der Waals surface area contributed by atoms with Crippen molar-refractivity contribution in [2.75, 3.05) is 5.32 Å². The molecule has 19 heavy (non-hydrogen) atoms. The number of carbonyl (C=O) groups is 1. The van der Waals surface area contributed by atoms with Gasteiger partial charge >= 0.3 is 0 Å². The predicted octanol–water partition coefficient (Wildman–Crippen LogP) is 4.27. The summed E-state index contributed by atoms with van der Waals surface area (Å²) < 4.78 is 1.23. The molecule has 0 aromatic heterocycles. The van der Waals surface area contributed by atoms with Crippen molar-refractivity contribution < 1.29 is 4.79 Å². The van der Waals surface area contributed by atoms with Crippen molar-refractivity contribution in [1.82, 2.24) is 0 Å². The lowest BCUT2D eigenvalue weighted by atomic mass is 10.0. The number of hydrogen-bond donors (Lipinski definition) is 1. The number of amides is 1. The second-order valence-corrected chi connectivity index (χ2v) is 6.60. The fourth-order valence-corrected chi connectivity index (χ4v) is 4.08. The summed E-state index contributed by atoms with van der Waals surface area (Å²) in [6.45, 7) is 0. The first-order valence-corrected chi connectivity index (χ1v) is 7.96. The second kappa shape index (κ2) is 5.25. The first-order chi connectivity index (χ1) is 9.15. The van der Waals surface area contributed by atoms with Crippen LogP contribution in [0.5, 0.6) is 0 Å². The molecule has 1 aliphatic rings. The Kier molecular flexibility index (Phi) is 3.62. The molecule has 0 radical (unpaired) electrons. The van der Waals surface area contributed by atoms with Crippen LogP contribution >= 0.6 is 38.5 Å². The third-order valence-electron chi connectivity index (χ3n) is 3.23. The number of hydrogen-bond acceptors (Lipinski definition) is 1. The van der Waals surface area contributed by atoms with Crippen molar-refractivity contribution in [3.8, 4) is 0 Å². The lowest BCUT2D eigenvalue weighted by Gasteiger charge is -2.13. The second-order valence-electron chi connectivity index (χ2n) is 4.53. The van der Waals surface area contributed by atoms with Crippen LogP contribution in [0.4, 0.5) is 5.69 Å². The Morgan fingerprint density at radius 1 is 1.21 bits per heavy atom. The standard InChI is InChI=1S/C15H11BrINO/c16-15(11-3-1-2-4-12(11)17)9-5-6-13-10(7-9)8-14(19)18-13/h1-7,15H,8H2,(H,18,19). The molecule has 3 rings (SSSR count). The highest BCUT2D eigenvalue weighted by Crippen LogP contribution is 2.36. The number of nitrogens with one attached hydrogen (secondary N) is 1. The SMILES string of the molecule is O=C1Cc2cc(C(Br)c3ccccc3I)ccc2N1. The average Bonchev–Trinajstić information content (AvgIpc) is 2.77. The summed E-state index contributed by atoms with van der Waals surface area (Å²) >= 11 is 6.10. The molecule has 0 fully saturated rings. The normalized spacial score (nSPS) is 14.9. The highest BCUT2D eigenvalue weighted by atomic mass is 127. The van der Waals surface area contributed by atoms with Crippen molar-refractivity contribution >= 4 is 50.1 Å². The Morgan fingerprint density at radius 3 is 2.79 bits per heavy atom. The van der Waals surface area contributed by atoms with E-state index in [1.807, 2.05) is 18.2 Å². The molecule has 96 valence electrons. The number of alkyl halides is 1. The molecular formula is C15H11BrINO. The van der Waals surface area contributed by atoms with Crippen LogP contribution in [0.15, 0.2) is 42.5 Å². The Labute approximate surface area is 133 Å². The van der Waals surface area contributed by atoms with Gasteiger partial charge in [0.2, 0.25) is 5.91 Å². The third kappa shape index (κ3) is 2.56. The minimum absolute atomic E-state index is 0.0764. The minimum atomic E-state index is 0.0764. The minimum Gasteiger partial charge on any atom is -0.326 e. The molecule has 1 N–H and O–H groups in total. The summed E-state index contributed by atoms with van der Waals surface area (Å²) in [5.74, 6) is 0.0764. The third-order valence-corrected chi connectivity index (χ3v) is 5.23. The van der Waals surface area contributed by atoms with E-state index in [9.17, 15) is 4.79 Å². The molecule has 0 saturated heterocycles. The van der Waals surface area contributed by atoms with E-state index in [0.717, 1.165) is 11.3 Å². The van der Waals surface area contributed by atoms with Crippen LogP contribution in [-0.4, -0.2) is 5.91 Å². The number of halogens is 2. The molecule has 0 aliphatic carbocycles. The van der Waals surface area contributed by atoms with Gasteiger partial charge in [0, 0.05) is 9.26 Å². The van der Waals surface area contributed by atoms with E-state index in [1.165, 1.54) is 14.7 Å². The van der Waals surface area contributed by atoms with Gasteiger partial charge in [0.25, 0.3) is 0 Å². The molecule has 2 nitrogen and oxygen atoms in total. The Bertz CT molecular complexity index is 656. The van der Waals surface area contributed by atoms with Gasteiger partial charge < -0.3 is 5.32 Å². The Hall–Kier alpha value is -0.880. The Morgan fingerprint density at radius 2 is 2.00 bits per heavy atom. The maximum atomic E-state index is 11.4. The molecule has 0 saturated carbocycles. The van der Waals surface area contributed by atoms with Crippen LogP contribution in [0.3, 0.4) is 0 Å². The zero-order valence-electron chi connectivity index (χ0n) is 9.99. The van der Waals surface area contributed by atoms with Crippen molar-refractivity contribution in [3.05, 3.63) is 62.7 Å². The largest absolute Gasteiger partial charge is 0.326 e. The first-order valence-electron chi connectivity index (χ1n) is 5.96. The number of fused-ring (bicyclic) bond motifs is 1. The summed E-state index contributed by atoms with van der Waals surface area (Å²) in [6.07, 6.45) is 0.481. The molecule has 1 aliphatic heterocycles. The fraction of sp³-hybridized carbons (Fsp3) is 0.133. The number of benzene rings is 2. The van der Waals surface area contributed by atoms with Crippen molar-refractivity contribution in [1.29, 1.82) is 0 Å². The van der Waals surface area contributed by atoms with Gasteiger partial charge in [-0.1, -0.05) is 46.3 Å². The zero-order chi connectivity index (χ0) is 13.4. The summed E-state index contributed by atoms with van der Waals surface area (Å²) in [5, 5.41) is 2.86. The van der Waals surface area contributed by atoms with Gasteiger partial charge in [-0.3, -0.25) is 4.79 Å². The zero-order valence-corrected chi connectivity index (χ0v) is 13.7. The predicted molar refractivity (Wildman–Crippen MR) is 88.7 cm³/mol. The highest BCUT2D eigenvalue weighted by molar-refractivity contribution is 14.1. The molecule has 0 spiro atoms. The van der Waals surface area contributed by atoms with Gasteiger partial charge in [0.05, 0.1) is 11.2 Å². The monoisotopic (exact) mass is 427 g/mol. The van der Waals surface area contributed by atoms with Crippen LogP contribution in [-0.2, 0) is 11.2 Å². The fourth-order valence-electron chi connectivity index (χ4n) is 2.27. The number of anilines is 1. The van der Waals surface area contributed by atoms with Gasteiger partial charge in [-0.15, -0.1) is 0 Å². The van der Waals surface area contributed by atoms with Gasteiger partial charge in [-0.2, -0.15) is 0 Å². The first kappa shape index (κ1) is 13.1. The van der Waals surface area contributed by atoms with Crippen molar-refractivity contribution in [3.63, 3.8) is 0 Å². The van der Waals surface area contributed by atoms with E-state index >= 15 is 0 Å². The number of carbonyl (C=O) groups excluding carboxylic acids is 1. The van der Waals surface area contributed by atoms with Crippen LogP contribution in [0.2, 0.25) is 0 Å². The molecule has 4 heteroatoms. The quantitative estimate of drug-likeness (QED) is 0.562. The van der Waals surface area contributed by atoms with Crippen molar-refractivity contribution in [2.24, 2.45) is 0 Å². The molecule has 1 heterocycles. The van der Waals surface area contributed by atoms with Crippen LogP contribution < -0.4 is 5.32 Å². The maximum absolute atomic E-state index is 11.4. The van der Waals surface area contributed by atoms with E-state index in [-0.39, 0.29) is 10.7 Å². The van der Waals surface area contributed by atoms with Gasteiger partial charge in [0.1, 0.15) is 0 Å². The van der Waals surface area contributed by atoms with Crippen LogP contribution in [0, 0.1) is 3.57 Å². The van der Waals surface area contributed by atoms with Crippen LogP contribution in [0.25, 0.3) is 0 Å². The lowest BCUT2D eigenvalue weighted by Crippen LogP contribution is -2.03. The molecule has 2 aromatic rings. The van der Waals surface area contributed by atoms with Crippen molar-refractivity contribution in [2.45, 2.75) is 11.2 Å². The van der Waals surface area contributed by atoms with E-state index in [1.54, 1.807) is 0 Å². The summed E-state index contributed by atoms with van der Waals surface area (Å²) in [4.78, 5) is 11.5. The molecular weight excluding hydrogens is 417 g/mol. The topological polar surface area (TPSA) is 29.1 Å². The van der Waals surface area contributed by atoms with Gasteiger partial charge in [-0.25, -0.2) is 0 Å². The maximum Gasteiger partial charge on any atom is 0.228 e. The molecule has 1 amide bonds. The van der Waals surface area contributed by atoms with Gasteiger partial charge in [-0.05, 0) is 51.4 Å². The summed E-state index contributed by atoms with van der Waals surface area (Å²) in [7, 11) is 0. The van der Waals surface area contributed by atoms with E-state index < -0.39 is 0 Å². The number of rotatable bonds is 2. The molecule has 1 atom stereocenters. The summed E-state index contributed by atoms with van der Waals surface area (Å²) in [5.41, 5.74) is 4.45. The van der Waals surface area contributed by atoms with E-state index in [0.29, 0.717) is 6.42 Å². The Balaban J connectivity index is 1.97. The average molecular weight is 428 g/mol. The summed E-state index contributed by atoms with van der Waals surface area (Å²) in [6, 6.07) is 14.5. The van der Waals surface area contributed by atoms with E-state index in [4.69, 9.17) is 0 Å². The smallest absolute Gasteiger partial charge is 0.228 e. The molecule has 2 aromatic carbocycles. The highest BCUT2D eigenvalue weighted by Gasteiger charge is 2.20. The lowest BCUT2D eigenvalue weighted by molar-refractivity contribution is -0.115. The van der Waals surface area contributed by atoms with Crippen LogP contribution in [0.1, 0.15) is 21.5 Å². The molecule has 1 unspecified atom stereocenters. The van der Waals surface area contributed by atoms with Gasteiger partial charge in [0.15, 0.2) is 0 Å². The molecule has 0 bridgehead atoms. The van der Waals surface area contributed by atoms with E-state index in [2.05, 4.69) is 68.1 Å².